The van der Waals surface area contributed by atoms with Crippen LogP contribution in [0.1, 0.15) is 50.7 Å². The van der Waals surface area contributed by atoms with Crippen molar-refractivity contribution in [3.05, 3.63) is 29.3 Å². The lowest BCUT2D eigenvalue weighted by molar-refractivity contribution is 0.354. The molecule has 0 aromatic heterocycles. The SMILES string of the molecule is CCCCc1ccc([O])cc1CCCC. The Bertz CT molecular complexity index is 291. The summed E-state index contributed by atoms with van der Waals surface area (Å²) >= 11 is 0. The number of hydrogen-bond acceptors (Lipinski definition) is 0. The minimum Gasteiger partial charge on any atom is -0.290 e. The van der Waals surface area contributed by atoms with Gasteiger partial charge in [-0.1, -0.05) is 32.8 Å². The van der Waals surface area contributed by atoms with Gasteiger partial charge in [0.05, 0.1) is 0 Å². The van der Waals surface area contributed by atoms with E-state index in [0.29, 0.717) is 0 Å². The molecular weight excluding hydrogens is 184 g/mol. The van der Waals surface area contributed by atoms with Crippen molar-refractivity contribution in [3.63, 3.8) is 0 Å². The fraction of sp³-hybridized carbons (Fsp3) is 0.571. The van der Waals surface area contributed by atoms with Gasteiger partial charge in [0.1, 0.15) is 0 Å². The standard InChI is InChI=1S/C14H21O/c1-3-5-7-12-9-10-14(15)11-13(12)8-6-4-2/h9-11H,3-8H2,1-2H3. The second-order valence-electron chi connectivity index (χ2n) is 4.14. The van der Waals surface area contributed by atoms with Gasteiger partial charge in [-0.15, -0.1) is 0 Å². The lowest BCUT2D eigenvalue weighted by atomic mass is 9.98. The number of aryl methyl sites for hydroxylation is 2. The highest BCUT2D eigenvalue weighted by molar-refractivity contribution is 5.35. The van der Waals surface area contributed by atoms with Gasteiger partial charge in [0.15, 0.2) is 5.75 Å². The summed E-state index contributed by atoms with van der Waals surface area (Å²) in [5, 5.41) is 11.3. The third-order valence-electron chi connectivity index (χ3n) is 2.78. The lowest BCUT2D eigenvalue weighted by Crippen LogP contribution is -1.94. The molecule has 0 unspecified atom stereocenters. The second kappa shape index (κ2) is 6.49. The fourth-order valence-electron chi connectivity index (χ4n) is 1.81. The minimum absolute atomic E-state index is 0.154. The molecule has 0 N–H and O–H groups in total. The van der Waals surface area contributed by atoms with E-state index in [1.54, 1.807) is 6.07 Å². The summed E-state index contributed by atoms with van der Waals surface area (Å²) in [6.07, 6.45) is 6.99. The van der Waals surface area contributed by atoms with Crippen LogP contribution >= 0.6 is 0 Å². The van der Waals surface area contributed by atoms with Crippen LogP contribution in [0.25, 0.3) is 0 Å². The van der Waals surface area contributed by atoms with Crippen LogP contribution in [-0.2, 0) is 17.9 Å². The molecule has 83 valence electrons. The van der Waals surface area contributed by atoms with Gasteiger partial charge in [-0.05, 0) is 48.9 Å². The van der Waals surface area contributed by atoms with Gasteiger partial charge >= 0.3 is 0 Å². The van der Waals surface area contributed by atoms with Crippen molar-refractivity contribution in [2.24, 2.45) is 0 Å². The zero-order valence-electron chi connectivity index (χ0n) is 9.88. The van der Waals surface area contributed by atoms with Crippen molar-refractivity contribution in [1.82, 2.24) is 0 Å². The van der Waals surface area contributed by atoms with Crippen LogP contribution in [0.15, 0.2) is 18.2 Å². The van der Waals surface area contributed by atoms with E-state index in [1.807, 2.05) is 12.1 Å². The maximum absolute atomic E-state index is 11.3. The third-order valence-corrected chi connectivity index (χ3v) is 2.78. The predicted molar refractivity (Wildman–Crippen MR) is 63.8 cm³/mol. The molecule has 0 aliphatic carbocycles. The summed E-state index contributed by atoms with van der Waals surface area (Å²) in [5.74, 6) is 0.154. The molecule has 1 radical (unpaired) electrons. The summed E-state index contributed by atoms with van der Waals surface area (Å²) in [6, 6.07) is 5.53. The normalized spacial score (nSPS) is 10.5. The summed E-state index contributed by atoms with van der Waals surface area (Å²) in [6.45, 7) is 4.39. The zero-order valence-corrected chi connectivity index (χ0v) is 9.88. The van der Waals surface area contributed by atoms with Crippen LogP contribution in [0.4, 0.5) is 0 Å². The van der Waals surface area contributed by atoms with Crippen molar-refractivity contribution < 1.29 is 5.11 Å². The number of rotatable bonds is 6. The minimum atomic E-state index is 0.154. The highest BCUT2D eigenvalue weighted by Crippen LogP contribution is 2.20. The van der Waals surface area contributed by atoms with Crippen LogP contribution in [0, 0.1) is 0 Å². The third kappa shape index (κ3) is 3.94. The van der Waals surface area contributed by atoms with Crippen molar-refractivity contribution in [1.29, 1.82) is 0 Å². The molecule has 0 aliphatic rings. The maximum Gasteiger partial charge on any atom is 0.178 e. The first-order valence-corrected chi connectivity index (χ1v) is 6.06. The van der Waals surface area contributed by atoms with Crippen LogP contribution in [0.3, 0.4) is 0 Å². The van der Waals surface area contributed by atoms with Gasteiger partial charge < -0.3 is 0 Å². The Labute approximate surface area is 93.1 Å². The van der Waals surface area contributed by atoms with E-state index >= 15 is 0 Å². The van der Waals surface area contributed by atoms with Gasteiger partial charge in [-0.25, -0.2) is 0 Å². The summed E-state index contributed by atoms with van der Waals surface area (Å²) in [4.78, 5) is 0. The average molecular weight is 205 g/mol. The van der Waals surface area contributed by atoms with Gasteiger partial charge in [0, 0.05) is 0 Å². The Morgan fingerprint density at radius 1 is 0.933 bits per heavy atom. The zero-order chi connectivity index (χ0) is 11.1. The van der Waals surface area contributed by atoms with E-state index in [0.717, 1.165) is 12.8 Å². The molecule has 1 heteroatoms. The van der Waals surface area contributed by atoms with Crippen LogP contribution in [0.2, 0.25) is 0 Å². The van der Waals surface area contributed by atoms with Crippen LogP contribution in [0.5, 0.6) is 5.75 Å². The van der Waals surface area contributed by atoms with Crippen LogP contribution in [-0.4, -0.2) is 0 Å². The Kier molecular flexibility index (Phi) is 5.23. The number of benzene rings is 1. The van der Waals surface area contributed by atoms with Gasteiger partial charge in [0.2, 0.25) is 0 Å². The largest absolute Gasteiger partial charge is 0.290 e. The van der Waals surface area contributed by atoms with Crippen molar-refractivity contribution in [3.8, 4) is 5.75 Å². The first-order valence-electron chi connectivity index (χ1n) is 6.06. The van der Waals surface area contributed by atoms with E-state index in [-0.39, 0.29) is 5.75 Å². The molecule has 0 saturated heterocycles. The monoisotopic (exact) mass is 205 g/mol. The van der Waals surface area contributed by atoms with Crippen LogP contribution < -0.4 is 0 Å². The second-order valence-corrected chi connectivity index (χ2v) is 4.14. The molecular formula is C14H21O. The van der Waals surface area contributed by atoms with Gasteiger partial charge in [-0.2, -0.15) is 0 Å². The molecule has 0 heterocycles. The van der Waals surface area contributed by atoms with Gasteiger partial charge in [-0.3, -0.25) is 5.11 Å². The van der Waals surface area contributed by atoms with Crippen molar-refractivity contribution in [2.45, 2.75) is 52.4 Å². The first-order chi connectivity index (χ1) is 7.27. The summed E-state index contributed by atoms with van der Waals surface area (Å²) in [7, 11) is 0. The molecule has 15 heavy (non-hydrogen) atoms. The summed E-state index contributed by atoms with van der Waals surface area (Å²) < 4.78 is 0. The molecule has 0 amide bonds. The highest BCUT2D eigenvalue weighted by atomic mass is 16.3. The van der Waals surface area contributed by atoms with Gasteiger partial charge in [0.25, 0.3) is 0 Å². The number of unbranched alkanes of at least 4 members (excludes halogenated alkanes) is 2. The maximum atomic E-state index is 11.3. The van der Waals surface area contributed by atoms with E-state index in [1.165, 1.54) is 36.8 Å². The average Bonchev–Trinajstić information content (AvgIpc) is 2.25. The predicted octanol–water partition coefficient (Wildman–Crippen LogP) is 4.52. The molecule has 0 atom stereocenters. The van der Waals surface area contributed by atoms with E-state index in [2.05, 4.69) is 13.8 Å². The highest BCUT2D eigenvalue weighted by Gasteiger charge is 2.03. The molecule has 0 spiro atoms. The van der Waals surface area contributed by atoms with E-state index in [4.69, 9.17) is 0 Å². The topological polar surface area (TPSA) is 19.9 Å². The lowest BCUT2D eigenvalue weighted by Gasteiger charge is -2.08. The Balaban J connectivity index is 2.73. The molecule has 0 bridgehead atoms. The molecule has 1 aromatic rings. The molecule has 1 rings (SSSR count). The fourth-order valence-corrected chi connectivity index (χ4v) is 1.81. The summed E-state index contributed by atoms with van der Waals surface area (Å²) in [5.41, 5.74) is 2.66. The quantitative estimate of drug-likeness (QED) is 0.651. The van der Waals surface area contributed by atoms with E-state index in [9.17, 15) is 5.11 Å². The Morgan fingerprint density at radius 2 is 1.53 bits per heavy atom. The van der Waals surface area contributed by atoms with Crippen molar-refractivity contribution >= 4 is 0 Å². The van der Waals surface area contributed by atoms with Crippen molar-refractivity contribution in [2.75, 3.05) is 0 Å². The molecule has 1 nitrogen and oxygen atoms in total. The Hall–Kier alpha value is -0.980. The molecule has 0 saturated carbocycles. The Morgan fingerprint density at radius 3 is 2.13 bits per heavy atom. The molecule has 0 aliphatic heterocycles. The van der Waals surface area contributed by atoms with E-state index < -0.39 is 0 Å². The number of hydrogen-bond donors (Lipinski definition) is 0. The molecule has 1 aromatic carbocycles. The first kappa shape index (κ1) is 12.1. The molecule has 0 fully saturated rings. The smallest absolute Gasteiger partial charge is 0.178 e.